The molecule has 0 rings (SSSR count). The van der Waals surface area contributed by atoms with E-state index in [0.29, 0.717) is 19.4 Å². The lowest BCUT2D eigenvalue weighted by Gasteiger charge is -2.18. The van der Waals surface area contributed by atoms with Crippen LogP contribution in [-0.4, -0.2) is 37.9 Å². The second-order valence-corrected chi connectivity index (χ2v) is 20.6. The summed E-state index contributed by atoms with van der Waals surface area (Å²) in [4.78, 5) is 25.6. The Morgan fingerprint density at radius 1 is 0.329 bits per heavy atom. The molecule has 408 valence electrons. The van der Waals surface area contributed by atoms with Crippen molar-refractivity contribution in [3.63, 3.8) is 0 Å². The van der Waals surface area contributed by atoms with Gasteiger partial charge in [0, 0.05) is 19.4 Å². The summed E-state index contributed by atoms with van der Waals surface area (Å²) in [5.74, 6) is -0.414. The first kappa shape index (κ1) is 67.6. The molecule has 0 N–H and O–H groups in total. The molecule has 5 heteroatoms. The summed E-state index contributed by atoms with van der Waals surface area (Å²) in [5.41, 5.74) is 0. The van der Waals surface area contributed by atoms with Gasteiger partial charge in [0.1, 0.15) is 6.61 Å². The Kier molecular flexibility index (Phi) is 58.8. The Balaban J connectivity index is 4.28. The summed E-state index contributed by atoms with van der Waals surface area (Å²) in [6.07, 6.45) is 78.3. The lowest BCUT2D eigenvalue weighted by molar-refractivity contribution is -0.163. The van der Waals surface area contributed by atoms with Crippen LogP contribution in [0, 0.1) is 0 Å². The molecule has 0 aromatic heterocycles. The predicted octanol–water partition coefficient (Wildman–Crippen LogP) is 21.2. The lowest BCUT2D eigenvalue weighted by Crippen LogP contribution is -2.30. The first-order valence-corrected chi connectivity index (χ1v) is 30.8. The number of allylic oxidation sites excluding steroid dienone is 10. The van der Waals surface area contributed by atoms with Crippen LogP contribution < -0.4 is 0 Å². The van der Waals surface area contributed by atoms with E-state index >= 15 is 0 Å². The lowest BCUT2D eigenvalue weighted by atomic mass is 10.0. The van der Waals surface area contributed by atoms with E-state index in [1.165, 1.54) is 193 Å². The summed E-state index contributed by atoms with van der Waals surface area (Å²) in [6.45, 7) is 7.74. The molecule has 0 aromatic rings. The van der Waals surface area contributed by atoms with Crippen molar-refractivity contribution in [3.05, 3.63) is 60.8 Å². The van der Waals surface area contributed by atoms with Crippen molar-refractivity contribution >= 4 is 11.9 Å². The number of esters is 2. The van der Waals surface area contributed by atoms with Crippen molar-refractivity contribution in [3.8, 4) is 0 Å². The zero-order valence-electron chi connectivity index (χ0n) is 47.0. The Hall–Kier alpha value is -2.40. The van der Waals surface area contributed by atoms with Gasteiger partial charge in [0.15, 0.2) is 6.10 Å². The molecule has 0 aliphatic heterocycles. The van der Waals surface area contributed by atoms with E-state index < -0.39 is 6.10 Å². The highest BCUT2D eigenvalue weighted by molar-refractivity contribution is 5.70. The predicted molar refractivity (Wildman–Crippen MR) is 307 cm³/mol. The Bertz CT molecular complexity index is 1200. The Labute approximate surface area is 436 Å². The third-order valence-electron chi connectivity index (χ3n) is 13.5. The average molecular weight is 980 g/mol. The summed E-state index contributed by atoms with van der Waals surface area (Å²) >= 11 is 0. The number of ether oxygens (including phenoxy) is 3. The van der Waals surface area contributed by atoms with Crippen LogP contribution in [0.25, 0.3) is 0 Å². The molecule has 0 aliphatic carbocycles. The van der Waals surface area contributed by atoms with Gasteiger partial charge in [-0.25, -0.2) is 0 Å². The molecule has 0 saturated carbocycles. The molecule has 0 radical (unpaired) electrons. The number of carbonyl (C=O) groups excluding carboxylic acids is 2. The monoisotopic (exact) mass is 979 g/mol. The van der Waals surface area contributed by atoms with Gasteiger partial charge in [0.05, 0.1) is 6.61 Å². The fraction of sp³-hybridized carbons (Fsp3) is 0.815. The van der Waals surface area contributed by atoms with E-state index in [4.69, 9.17) is 14.2 Å². The zero-order valence-corrected chi connectivity index (χ0v) is 47.0. The van der Waals surface area contributed by atoms with Gasteiger partial charge < -0.3 is 14.2 Å². The van der Waals surface area contributed by atoms with Gasteiger partial charge >= 0.3 is 11.9 Å². The third-order valence-corrected chi connectivity index (χ3v) is 13.5. The Morgan fingerprint density at radius 2 is 0.643 bits per heavy atom. The van der Waals surface area contributed by atoms with Crippen molar-refractivity contribution < 1.29 is 23.8 Å². The van der Waals surface area contributed by atoms with Crippen molar-refractivity contribution in [2.75, 3.05) is 19.8 Å². The maximum Gasteiger partial charge on any atom is 0.306 e. The van der Waals surface area contributed by atoms with E-state index in [-0.39, 0.29) is 25.2 Å². The van der Waals surface area contributed by atoms with Crippen LogP contribution in [0.15, 0.2) is 60.8 Å². The van der Waals surface area contributed by atoms with Crippen molar-refractivity contribution in [1.82, 2.24) is 0 Å². The molecule has 0 aliphatic rings. The first-order valence-electron chi connectivity index (χ1n) is 30.8. The van der Waals surface area contributed by atoms with Crippen LogP contribution in [0.5, 0.6) is 0 Å². The normalized spacial score (nSPS) is 12.6. The number of hydrogen-bond donors (Lipinski definition) is 0. The maximum atomic E-state index is 12.9. The minimum absolute atomic E-state index is 0.0733. The van der Waals surface area contributed by atoms with E-state index in [2.05, 4.69) is 81.5 Å². The van der Waals surface area contributed by atoms with Crippen LogP contribution in [0.2, 0.25) is 0 Å². The van der Waals surface area contributed by atoms with E-state index in [0.717, 1.165) is 89.9 Å². The van der Waals surface area contributed by atoms with Crippen LogP contribution in [-0.2, 0) is 23.8 Å². The molecular formula is C65H118O5. The third kappa shape index (κ3) is 58.2. The summed E-state index contributed by atoms with van der Waals surface area (Å²) in [5, 5.41) is 0. The zero-order chi connectivity index (χ0) is 50.6. The molecule has 0 bridgehead atoms. The molecule has 5 nitrogen and oxygen atoms in total. The van der Waals surface area contributed by atoms with E-state index in [9.17, 15) is 9.59 Å². The number of rotatable bonds is 57. The number of hydrogen-bond acceptors (Lipinski definition) is 5. The molecule has 0 fully saturated rings. The molecule has 0 aromatic carbocycles. The SMILES string of the molecule is CC/C=C\C/C=C\C/C=C\C/C=C\CCCCCCC(=O)OCC(COCCCCCCCCCCCCCCCCCCCCCC)OC(=O)CCCCCCCCC/C=C\CCCCCCCC. The van der Waals surface area contributed by atoms with Crippen LogP contribution >= 0.6 is 0 Å². The van der Waals surface area contributed by atoms with Gasteiger partial charge in [-0.2, -0.15) is 0 Å². The van der Waals surface area contributed by atoms with Gasteiger partial charge in [-0.3, -0.25) is 9.59 Å². The van der Waals surface area contributed by atoms with Gasteiger partial charge in [-0.1, -0.05) is 281 Å². The standard InChI is InChI=1S/C65H118O5/c1-4-7-10-13-16-19-22-25-28-31-32-33-36-39-42-45-48-51-54-57-60-68-61-63(70-65(67)59-56-53-50-47-44-41-38-35-30-27-24-21-18-15-12-9-6-3)62-69-64(66)58-55-52-49-46-43-40-37-34-29-26-23-20-17-14-11-8-5-2/h8,11,17,20,26-27,29-30,37,40,63H,4-7,9-10,12-16,18-19,21-25,28,31-36,38-39,41-62H2,1-3H3/b11-8-,20-17-,29-26-,30-27-,40-37-. The first-order chi connectivity index (χ1) is 34.6. The van der Waals surface area contributed by atoms with Crippen molar-refractivity contribution in [2.45, 2.75) is 322 Å². The molecular weight excluding hydrogens is 861 g/mol. The molecule has 0 heterocycles. The fourth-order valence-electron chi connectivity index (χ4n) is 8.97. The second kappa shape index (κ2) is 60.9. The summed E-state index contributed by atoms with van der Waals surface area (Å²) in [7, 11) is 0. The van der Waals surface area contributed by atoms with Gasteiger partial charge in [0.25, 0.3) is 0 Å². The smallest absolute Gasteiger partial charge is 0.306 e. The number of carbonyl (C=O) groups is 2. The molecule has 1 atom stereocenters. The average Bonchev–Trinajstić information content (AvgIpc) is 3.36. The van der Waals surface area contributed by atoms with Crippen LogP contribution in [0.4, 0.5) is 0 Å². The van der Waals surface area contributed by atoms with Gasteiger partial charge in [-0.05, 0) is 83.5 Å². The van der Waals surface area contributed by atoms with Gasteiger partial charge in [-0.15, -0.1) is 0 Å². The maximum absolute atomic E-state index is 12.9. The Morgan fingerprint density at radius 3 is 1.04 bits per heavy atom. The summed E-state index contributed by atoms with van der Waals surface area (Å²) in [6, 6.07) is 0. The highest BCUT2D eigenvalue weighted by atomic mass is 16.6. The minimum atomic E-state index is -0.549. The van der Waals surface area contributed by atoms with Crippen molar-refractivity contribution in [2.24, 2.45) is 0 Å². The summed E-state index contributed by atoms with van der Waals surface area (Å²) < 4.78 is 17.5. The molecule has 0 saturated heterocycles. The highest BCUT2D eigenvalue weighted by Crippen LogP contribution is 2.17. The second-order valence-electron chi connectivity index (χ2n) is 20.6. The van der Waals surface area contributed by atoms with Gasteiger partial charge in [0.2, 0.25) is 0 Å². The van der Waals surface area contributed by atoms with Crippen LogP contribution in [0.1, 0.15) is 316 Å². The van der Waals surface area contributed by atoms with Crippen LogP contribution in [0.3, 0.4) is 0 Å². The quantitative estimate of drug-likeness (QED) is 0.0345. The molecule has 0 amide bonds. The fourth-order valence-corrected chi connectivity index (χ4v) is 8.97. The van der Waals surface area contributed by atoms with E-state index in [1.807, 2.05) is 0 Å². The highest BCUT2D eigenvalue weighted by Gasteiger charge is 2.17. The molecule has 0 spiro atoms. The van der Waals surface area contributed by atoms with Crippen molar-refractivity contribution in [1.29, 1.82) is 0 Å². The minimum Gasteiger partial charge on any atom is -0.462 e. The molecule has 70 heavy (non-hydrogen) atoms. The largest absolute Gasteiger partial charge is 0.462 e. The molecule has 1 unspecified atom stereocenters. The number of unbranched alkanes of at least 4 members (excludes halogenated alkanes) is 36. The van der Waals surface area contributed by atoms with E-state index in [1.54, 1.807) is 0 Å². The topological polar surface area (TPSA) is 61.8 Å².